The number of Topliss-reactive ketones (excluding diaryl/α,β-unsaturated/α-hetero) is 1. The van der Waals surface area contributed by atoms with Crippen LogP contribution in [0.2, 0.25) is 10.0 Å². The monoisotopic (exact) mass is 551 g/mol. The van der Waals surface area contributed by atoms with Crippen molar-refractivity contribution >= 4 is 52.1 Å². The molecule has 0 saturated carbocycles. The topological polar surface area (TPSA) is 67.8 Å². The van der Waals surface area contributed by atoms with Gasteiger partial charge in [0.15, 0.2) is 10.6 Å². The highest BCUT2D eigenvalue weighted by Crippen LogP contribution is 2.35. The number of nitrogens with zero attached hydrogens (tertiary/aromatic N) is 3. The number of fused-ring (bicyclic) bond motifs is 1. The Morgan fingerprint density at radius 1 is 1.08 bits per heavy atom. The highest BCUT2D eigenvalue weighted by Gasteiger charge is 2.33. The lowest BCUT2D eigenvalue weighted by atomic mass is 9.98. The Kier molecular flexibility index (Phi) is 6.70. The molecule has 0 N–H and O–H groups in total. The summed E-state index contributed by atoms with van der Waals surface area (Å²) < 4.78 is 8.28. The van der Waals surface area contributed by atoms with E-state index in [4.69, 9.17) is 27.6 Å². The van der Waals surface area contributed by atoms with Crippen molar-refractivity contribution in [3.05, 3.63) is 107 Å². The quantitative estimate of drug-likeness (QED) is 0.330. The number of carbonyl (C=O) groups excluding carboxylic acids is 1. The molecule has 0 aliphatic carbocycles. The summed E-state index contributed by atoms with van der Waals surface area (Å²) in [5.41, 5.74) is 3.45. The third kappa shape index (κ3) is 4.70. The Labute approximate surface area is 227 Å². The van der Waals surface area contributed by atoms with Crippen LogP contribution in [0, 0.1) is 0 Å². The van der Waals surface area contributed by atoms with Gasteiger partial charge in [-0.05, 0) is 68.0 Å². The number of hydrogen-bond donors (Lipinski definition) is 0. The minimum atomic E-state index is -0.733. The Morgan fingerprint density at radius 2 is 1.81 bits per heavy atom. The molecule has 1 atom stereocenters. The first-order valence-electron chi connectivity index (χ1n) is 11.5. The van der Waals surface area contributed by atoms with Crippen molar-refractivity contribution in [2.75, 3.05) is 19.0 Å². The molecule has 2 aromatic heterocycles. The lowest BCUT2D eigenvalue weighted by Gasteiger charge is -2.22. The smallest absolute Gasteiger partial charge is 0.271 e. The Morgan fingerprint density at radius 3 is 2.46 bits per heavy atom. The van der Waals surface area contributed by atoms with E-state index in [9.17, 15) is 9.59 Å². The lowest BCUT2D eigenvalue weighted by molar-refractivity contribution is -0.114. The molecule has 0 spiro atoms. The van der Waals surface area contributed by atoms with Gasteiger partial charge in [-0.25, -0.2) is 4.99 Å². The summed E-state index contributed by atoms with van der Waals surface area (Å²) in [6.45, 7) is 3.26. The lowest BCUT2D eigenvalue weighted by Crippen LogP contribution is -2.39. The van der Waals surface area contributed by atoms with Crippen molar-refractivity contribution in [3.8, 4) is 11.3 Å². The van der Waals surface area contributed by atoms with Crippen molar-refractivity contribution in [1.82, 2.24) is 4.57 Å². The average Bonchev–Trinajstić information content (AvgIpc) is 3.45. The minimum absolute atomic E-state index is 0.174. The normalized spacial score (nSPS) is 15.5. The Bertz CT molecular complexity index is 1740. The third-order valence-corrected chi connectivity index (χ3v) is 7.93. The van der Waals surface area contributed by atoms with Crippen LogP contribution in [0.4, 0.5) is 5.69 Å². The number of hydrogen-bond acceptors (Lipinski definition) is 6. The van der Waals surface area contributed by atoms with Crippen LogP contribution in [0.25, 0.3) is 17.4 Å². The molecule has 1 aliphatic heterocycles. The molecule has 1 aliphatic rings. The first-order valence-corrected chi connectivity index (χ1v) is 13.1. The fourth-order valence-corrected chi connectivity index (χ4v) is 5.71. The van der Waals surface area contributed by atoms with Crippen LogP contribution in [0.1, 0.15) is 31.2 Å². The second-order valence-corrected chi connectivity index (χ2v) is 10.8. The van der Waals surface area contributed by atoms with Crippen molar-refractivity contribution in [3.63, 3.8) is 0 Å². The standard InChI is InChI=1S/C28H23Cl2N3O3S/c1-15-25(16(2)34)26(23-12-11-22(36-23)18-7-10-20(29)21(30)14-18)33-27(35)24(37-28(33)31-15)13-17-5-8-19(9-6-17)32(3)4/h5-14,26H,1-4H3/b24-13+/t26-/m0/s1. The molecule has 3 heterocycles. The van der Waals surface area contributed by atoms with Gasteiger partial charge < -0.3 is 9.32 Å². The summed E-state index contributed by atoms with van der Waals surface area (Å²) in [6.07, 6.45) is 1.84. The van der Waals surface area contributed by atoms with E-state index in [1.807, 2.05) is 49.3 Å². The predicted molar refractivity (Wildman–Crippen MR) is 149 cm³/mol. The third-order valence-electron chi connectivity index (χ3n) is 6.21. The molecule has 0 unspecified atom stereocenters. The fraction of sp³-hybridized carbons (Fsp3) is 0.179. The maximum Gasteiger partial charge on any atom is 0.271 e. The number of aromatic nitrogens is 1. The van der Waals surface area contributed by atoms with E-state index in [2.05, 4.69) is 4.99 Å². The molecule has 2 aromatic carbocycles. The molecule has 0 radical (unpaired) electrons. The summed E-state index contributed by atoms with van der Waals surface area (Å²) in [5.74, 6) is 0.838. The molecule has 5 rings (SSSR count). The van der Waals surface area contributed by atoms with E-state index in [-0.39, 0.29) is 11.3 Å². The summed E-state index contributed by atoms with van der Waals surface area (Å²) in [7, 11) is 3.95. The number of carbonyl (C=O) groups is 1. The average molecular weight is 552 g/mol. The molecular weight excluding hydrogens is 529 g/mol. The number of halogens is 2. The van der Waals surface area contributed by atoms with Gasteiger partial charge in [0.1, 0.15) is 17.6 Å². The van der Waals surface area contributed by atoms with Crippen molar-refractivity contribution in [1.29, 1.82) is 0 Å². The number of allylic oxidation sites excluding steroid dienone is 2. The number of benzene rings is 2. The van der Waals surface area contributed by atoms with E-state index in [0.29, 0.717) is 42.2 Å². The maximum atomic E-state index is 13.7. The van der Waals surface area contributed by atoms with E-state index in [1.165, 1.54) is 18.3 Å². The molecule has 6 nitrogen and oxygen atoms in total. The first kappa shape index (κ1) is 25.3. The van der Waals surface area contributed by atoms with Crippen molar-refractivity contribution in [2.45, 2.75) is 19.9 Å². The van der Waals surface area contributed by atoms with Crippen molar-refractivity contribution in [2.24, 2.45) is 4.99 Å². The maximum absolute atomic E-state index is 13.7. The van der Waals surface area contributed by atoms with Crippen LogP contribution in [0.5, 0.6) is 0 Å². The van der Waals surface area contributed by atoms with E-state index >= 15 is 0 Å². The van der Waals surface area contributed by atoms with Gasteiger partial charge in [0.05, 0.1) is 14.6 Å². The van der Waals surface area contributed by atoms with Gasteiger partial charge in [0.2, 0.25) is 0 Å². The zero-order chi connectivity index (χ0) is 26.4. The summed E-state index contributed by atoms with van der Waals surface area (Å²) in [6, 6.07) is 16.0. The van der Waals surface area contributed by atoms with Crippen LogP contribution >= 0.6 is 34.5 Å². The van der Waals surface area contributed by atoms with Crippen LogP contribution < -0.4 is 19.8 Å². The van der Waals surface area contributed by atoms with E-state index in [1.54, 1.807) is 41.8 Å². The number of anilines is 1. The SMILES string of the molecule is CC(=O)C1=C(C)N=c2s/c(=C/c3ccc(N(C)C)cc3)c(=O)n2[C@H]1c1ccc(-c2ccc(Cl)c(Cl)c2)o1. The molecule has 37 heavy (non-hydrogen) atoms. The number of rotatable bonds is 5. The molecule has 188 valence electrons. The van der Waals surface area contributed by atoms with Gasteiger partial charge in [-0.1, -0.05) is 46.7 Å². The molecule has 0 fully saturated rings. The van der Waals surface area contributed by atoms with Gasteiger partial charge >= 0.3 is 0 Å². The Balaban J connectivity index is 1.64. The molecule has 0 amide bonds. The predicted octanol–water partition coefficient (Wildman–Crippen LogP) is 5.46. The second kappa shape index (κ2) is 9.82. The van der Waals surface area contributed by atoms with Gasteiger partial charge in [0.25, 0.3) is 5.56 Å². The molecule has 4 aromatic rings. The van der Waals surface area contributed by atoms with Crippen LogP contribution in [-0.2, 0) is 4.79 Å². The molecular formula is C28H23Cl2N3O3S. The summed E-state index contributed by atoms with van der Waals surface area (Å²) in [4.78, 5) is 33.6. The first-order chi connectivity index (χ1) is 17.6. The minimum Gasteiger partial charge on any atom is -0.458 e. The number of ketones is 1. The van der Waals surface area contributed by atoms with E-state index < -0.39 is 6.04 Å². The second-order valence-electron chi connectivity index (χ2n) is 8.95. The van der Waals surface area contributed by atoms with Gasteiger partial charge in [-0.2, -0.15) is 0 Å². The van der Waals surface area contributed by atoms with Crippen molar-refractivity contribution < 1.29 is 9.21 Å². The zero-order valence-corrected chi connectivity index (χ0v) is 22.9. The summed E-state index contributed by atoms with van der Waals surface area (Å²) >= 11 is 13.5. The zero-order valence-electron chi connectivity index (χ0n) is 20.6. The molecule has 0 saturated heterocycles. The fourth-order valence-electron chi connectivity index (χ4n) is 4.36. The van der Waals surface area contributed by atoms with Crippen LogP contribution in [0.3, 0.4) is 0 Å². The van der Waals surface area contributed by atoms with Crippen LogP contribution in [0.15, 0.2) is 80.1 Å². The highest BCUT2D eigenvalue weighted by atomic mass is 35.5. The van der Waals surface area contributed by atoms with E-state index in [0.717, 1.165) is 16.8 Å². The molecule has 0 bridgehead atoms. The Hall–Kier alpha value is -3.39. The number of furan rings is 1. The van der Waals surface area contributed by atoms with Gasteiger partial charge in [-0.15, -0.1) is 0 Å². The molecule has 9 heteroatoms. The largest absolute Gasteiger partial charge is 0.458 e. The summed E-state index contributed by atoms with van der Waals surface area (Å²) in [5, 5.41) is 0.849. The van der Waals surface area contributed by atoms with Gasteiger partial charge in [0, 0.05) is 36.6 Å². The number of thiazole rings is 1. The highest BCUT2D eigenvalue weighted by molar-refractivity contribution is 7.07. The van der Waals surface area contributed by atoms with Crippen LogP contribution in [-0.4, -0.2) is 24.4 Å². The van der Waals surface area contributed by atoms with Gasteiger partial charge in [-0.3, -0.25) is 14.2 Å².